The number of hydrogen-bond acceptors (Lipinski definition) is 4. The van der Waals surface area contributed by atoms with Crippen LogP contribution in [0.1, 0.15) is 24.0 Å². The lowest BCUT2D eigenvalue weighted by Gasteiger charge is -2.36. The highest BCUT2D eigenvalue weighted by molar-refractivity contribution is 7.89. The summed E-state index contributed by atoms with van der Waals surface area (Å²) in [5.74, 6) is 0.425. The van der Waals surface area contributed by atoms with Gasteiger partial charge in [0.2, 0.25) is 10.0 Å². The summed E-state index contributed by atoms with van der Waals surface area (Å²) in [5, 5.41) is 0. The fourth-order valence-electron chi connectivity index (χ4n) is 3.74. The molecule has 12 heteroatoms. The molecule has 0 spiro atoms. The van der Waals surface area contributed by atoms with E-state index in [1.807, 2.05) is 0 Å². The third-order valence-corrected chi connectivity index (χ3v) is 7.38. The van der Waals surface area contributed by atoms with Crippen molar-refractivity contribution in [3.05, 3.63) is 29.3 Å². The van der Waals surface area contributed by atoms with Crippen LogP contribution >= 0.6 is 0 Å². The Morgan fingerprint density at radius 3 is 2.07 bits per heavy atom. The van der Waals surface area contributed by atoms with Gasteiger partial charge in [-0.3, -0.25) is 0 Å². The van der Waals surface area contributed by atoms with Crippen molar-refractivity contribution in [2.24, 2.45) is 5.92 Å². The highest BCUT2D eigenvalue weighted by atomic mass is 32.2. The fraction of sp³-hybridized carbons (Fsp3) is 0.667. The maximum absolute atomic E-state index is 13.4. The lowest BCUT2D eigenvalue weighted by Crippen LogP contribution is -2.50. The summed E-state index contributed by atoms with van der Waals surface area (Å²) in [5.41, 5.74) is -3.35. The molecular formula is C18H22F6N2O3S. The summed E-state index contributed by atoms with van der Waals surface area (Å²) < 4.78 is 110. The molecule has 0 aromatic heterocycles. The van der Waals surface area contributed by atoms with Gasteiger partial charge in [-0.05, 0) is 37.0 Å². The fourth-order valence-corrected chi connectivity index (χ4v) is 5.35. The average Bonchev–Trinajstić information content (AvgIpc) is 2.67. The molecule has 2 fully saturated rings. The molecule has 0 radical (unpaired) electrons. The molecular weight excluding hydrogens is 438 g/mol. The molecule has 2 saturated heterocycles. The quantitative estimate of drug-likeness (QED) is 0.646. The van der Waals surface area contributed by atoms with Gasteiger partial charge in [-0.1, -0.05) is 0 Å². The Morgan fingerprint density at radius 1 is 0.933 bits per heavy atom. The Labute approximate surface area is 170 Å². The van der Waals surface area contributed by atoms with Gasteiger partial charge in [0.25, 0.3) is 0 Å². The van der Waals surface area contributed by atoms with E-state index in [-0.39, 0.29) is 19.2 Å². The van der Waals surface area contributed by atoms with Crippen LogP contribution < -0.4 is 0 Å². The summed E-state index contributed by atoms with van der Waals surface area (Å²) in [6.07, 6.45) is -8.45. The van der Waals surface area contributed by atoms with Gasteiger partial charge >= 0.3 is 12.4 Å². The number of benzene rings is 1. The second-order valence-corrected chi connectivity index (χ2v) is 9.37. The monoisotopic (exact) mass is 460 g/mol. The smallest absolute Gasteiger partial charge is 0.381 e. The first kappa shape index (κ1) is 23.3. The number of nitrogens with zero attached hydrogens (tertiary/aromatic N) is 2. The molecule has 2 heterocycles. The lowest BCUT2D eigenvalue weighted by atomic mass is 9.99. The predicted molar refractivity (Wildman–Crippen MR) is 95.2 cm³/mol. The van der Waals surface area contributed by atoms with E-state index in [0.717, 1.165) is 23.7 Å². The first-order valence-corrected chi connectivity index (χ1v) is 10.9. The highest BCUT2D eigenvalue weighted by Crippen LogP contribution is 2.39. The van der Waals surface area contributed by atoms with Crippen molar-refractivity contribution in [2.75, 3.05) is 45.9 Å². The molecule has 0 bridgehead atoms. The van der Waals surface area contributed by atoms with Crippen LogP contribution in [-0.2, 0) is 27.1 Å². The van der Waals surface area contributed by atoms with Crippen molar-refractivity contribution in [1.82, 2.24) is 9.21 Å². The number of hydrogen-bond donors (Lipinski definition) is 0. The molecule has 0 aliphatic carbocycles. The zero-order chi connectivity index (χ0) is 22.2. The molecule has 0 atom stereocenters. The van der Waals surface area contributed by atoms with Crippen LogP contribution in [-0.4, -0.2) is 63.6 Å². The number of halogens is 6. The van der Waals surface area contributed by atoms with E-state index in [4.69, 9.17) is 4.74 Å². The highest BCUT2D eigenvalue weighted by Gasteiger charge is 2.42. The van der Waals surface area contributed by atoms with Crippen molar-refractivity contribution in [3.8, 4) is 0 Å². The van der Waals surface area contributed by atoms with Gasteiger partial charge in [-0.15, -0.1) is 0 Å². The second-order valence-electron chi connectivity index (χ2n) is 7.47. The molecule has 2 aliphatic heterocycles. The molecule has 0 amide bonds. The number of sulfonamides is 1. The number of ether oxygens (including phenoxy) is 1. The first-order valence-electron chi connectivity index (χ1n) is 9.48. The zero-order valence-corrected chi connectivity index (χ0v) is 16.8. The predicted octanol–water partition coefficient (Wildman–Crippen LogP) is 3.46. The van der Waals surface area contributed by atoms with Gasteiger partial charge in [0, 0.05) is 45.9 Å². The van der Waals surface area contributed by atoms with Gasteiger partial charge in [0.05, 0.1) is 16.0 Å². The average molecular weight is 460 g/mol. The third kappa shape index (κ3) is 5.27. The summed E-state index contributed by atoms with van der Waals surface area (Å²) in [7, 11) is -4.60. The van der Waals surface area contributed by atoms with Crippen LogP contribution in [0.4, 0.5) is 26.3 Å². The maximum Gasteiger partial charge on any atom is 0.417 e. The van der Waals surface area contributed by atoms with Crippen molar-refractivity contribution >= 4 is 10.0 Å². The molecule has 3 rings (SSSR count). The number of piperazine rings is 1. The number of rotatable bonds is 4. The second kappa shape index (κ2) is 8.64. The van der Waals surface area contributed by atoms with Gasteiger partial charge in [-0.25, -0.2) is 8.42 Å². The van der Waals surface area contributed by atoms with E-state index in [0.29, 0.717) is 44.4 Å². The Hall–Kier alpha value is -1.37. The molecule has 170 valence electrons. The minimum Gasteiger partial charge on any atom is -0.381 e. The minimum absolute atomic E-state index is 0.0239. The van der Waals surface area contributed by atoms with Crippen LogP contribution in [0.2, 0.25) is 0 Å². The first-order chi connectivity index (χ1) is 13.9. The maximum atomic E-state index is 13.4. The van der Waals surface area contributed by atoms with Crippen LogP contribution in [0.5, 0.6) is 0 Å². The van der Waals surface area contributed by atoms with Crippen molar-refractivity contribution in [2.45, 2.75) is 30.1 Å². The molecule has 1 aromatic carbocycles. The normalized spacial score (nSPS) is 21.1. The lowest BCUT2D eigenvalue weighted by molar-refractivity contribution is -0.144. The van der Waals surface area contributed by atoms with Gasteiger partial charge in [-0.2, -0.15) is 30.6 Å². The number of alkyl halides is 6. The van der Waals surface area contributed by atoms with Crippen LogP contribution in [0.15, 0.2) is 23.1 Å². The van der Waals surface area contributed by atoms with Gasteiger partial charge in [0.15, 0.2) is 0 Å². The van der Waals surface area contributed by atoms with E-state index < -0.39 is 38.4 Å². The van der Waals surface area contributed by atoms with Crippen LogP contribution in [0.3, 0.4) is 0 Å². The molecule has 0 saturated carbocycles. The standard InChI is InChI=1S/C18H22F6N2O3S/c19-17(20,21)14-1-2-16(15(11-14)18(22,23)24)30(27,28)26-7-5-25(6-8-26)12-13-3-9-29-10-4-13/h1-2,11,13H,3-10,12H2. The van der Waals surface area contributed by atoms with Crippen molar-refractivity contribution in [1.29, 1.82) is 0 Å². The van der Waals surface area contributed by atoms with E-state index in [1.165, 1.54) is 0 Å². The van der Waals surface area contributed by atoms with Gasteiger partial charge < -0.3 is 9.64 Å². The summed E-state index contributed by atoms with van der Waals surface area (Å²) in [6, 6.07) is 0.618. The Bertz CT molecular complexity index is 842. The van der Waals surface area contributed by atoms with E-state index >= 15 is 0 Å². The zero-order valence-electron chi connectivity index (χ0n) is 16.0. The minimum atomic E-state index is -5.24. The molecule has 5 nitrogen and oxygen atoms in total. The summed E-state index contributed by atoms with van der Waals surface area (Å²) >= 11 is 0. The van der Waals surface area contributed by atoms with Crippen molar-refractivity contribution < 1.29 is 39.5 Å². The van der Waals surface area contributed by atoms with Crippen molar-refractivity contribution in [3.63, 3.8) is 0 Å². The van der Waals surface area contributed by atoms with Crippen LogP contribution in [0.25, 0.3) is 0 Å². The van der Waals surface area contributed by atoms with E-state index in [1.54, 1.807) is 0 Å². The summed E-state index contributed by atoms with van der Waals surface area (Å²) in [6.45, 7) is 2.75. The largest absolute Gasteiger partial charge is 0.417 e. The molecule has 30 heavy (non-hydrogen) atoms. The molecule has 0 N–H and O–H groups in total. The molecule has 2 aliphatic rings. The van der Waals surface area contributed by atoms with Gasteiger partial charge in [0.1, 0.15) is 0 Å². The Kier molecular flexibility index (Phi) is 6.71. The SMILES string of the molecule is O=S(=O)(c1ccc(C(F)(F)F)cc1C(F)(F)F)N1CCN(CC2CCOCC2)CC1. The van der Waals surface area contributed by atoms with Crippen LogP contribution in [0, 0.1) is 5.92 Å². The van der Waals surface area contributed by atoms with E-state index in [2.05, 4.69) is 4.90 Å². The molecule has 1 aromatic rings. The Morgan fingerprint density at radius 2 is 1.53 bits per heavy atom. The van der Waals surface area contributed by atoms with E-state index in [9.17, 15) is 34.8 Å². The topological polar surface area (TPSA) is 49.9 Å². The molecule has 0 unspecified atom stereocenters. The third-order valence-electron chi connectivity index (χ3n) is 5.42. The summed E-state index contributed by atoms with van der Waals surface area (Å²) in [4.78, 5) is 0.903. The Balaban J connectivity index is 1.77.